The van der Waals surface area contributed by atoms with Crippen molar-refractivity contribution in [2.45, 2.75) is 31.8 Å². The molecule has 0 spiro atoms. The third kappa shape index (κ3) is 4.75. The molecule has 2 rings (SSSR count). The SMILES string of the molecule is COc1ccc(NNC(=O)C2CCCN2C(=O)NC(C)C(=O)O)cc1. The van der Waals surface area contributed by atoms with Crippen LogP contribution in [0.5, 0.6) is 5.75 Å². The fourth-order valence-electron chi connectivity index (χ4n) is 2.50. The summed E-state index contributed by atoms with van der Waals surface area (Å²) in [5.41, 5.74) is 6.02. The molecule has 4 N–H and O–H groups in total. The largest absolute Gasteiger partial charge is 0.497 e. The molecule has 3 amide bonds. The van der Waals surface area contributed by atoms with Crippen LogP contribution in [0.4, 0.5) is 10.5 Å². The number of anilines is 1. The fraction of sp³-hybridized carbons (Fsp3) is 0.438. The van der Waals surface area contributed by atoms with Crippen LogP contribution in [-0.4, -0.2) is 53.7 Å². The zero-order chi connectivity index (χ0) is 18.4. The molecule has 1 fully saturated rings. The Morgan fingerprint density at radius 3 is 2.56 bits per heavy atom. The molecule has 1 heterocycles. The molecular formula is C16H22N4O5. The first-order valence-electron chi connectivity index (χ1n) is 7.92. The Kier molecular flexibility index (Phi) is 6.04. The van der Waals surface area contributed by atoms with E-state index in [9.17, 15) is 14.4 Å². The van der Waals surface area contributed by atoms with E-state index in [0.29, 0.717) is 30.8 Å². The van der Waals surface area contributed by atoms with E-state index in [-0.39, 0.29) is 5.91 Å². The highest BCUT2D eigenvalue weighted by molar-refractivity contribution is 5.89. The molecule has 0 saturated carbocycles. The number of carbonyl (C=O) groups is 3. The van der Waals surface area contributed by atoms with Crippen LogP contribution in [0.2, 0.25) is 0 Å². The lowest BCUT2D eigenvalue weighted by Crippen LogP contribution is -2.53. The Balaban J connectivity index is 1.90. The van der Waals surface area contributed by atoms with Crippen molar-refractivity contribution in [1.29, 1.82) is 0 Å². The van der Waals surface area contributed by atoms with Crippen LogP contribution in [0.3, 0.4) is 0 Å². The van der Waals surface area contributed by atoms with Gasteiger partial charge in [-0.25, -0.2) is 4.79 Å². The molecule has 9 nitrogen and oxygen atoms in total. The second-order valence-corrected chi connectivity index (χ2v) is 5.70. The Morgan fingerprint density at radius 2 is 1.96 bits per heavy atom. The Morgan fingerprint density at radius 1 is 1.28 bits per heavy atom. The van der Waals surface area contributed by atoms with Crippen molar-refractivity contribution < 1.29 is 24.2 Å². The van der Waals surface area contributed by atoms with Gasteiger partial charge in [0.15, 0.2) is 0 Å². The lowest BCUT2D eigenvalue weighted by atomic mass is 10.2. The molecule has 1 aliphatic heterocycles. The molecule has 1 aromatic rings. The van der Waals surface area contributed by atoms with E-state index in [1.165, 1.54) is 11.8 Å². The van der Waals surface area contributed by atoms with E-state index < -0.39 is 24.1 Å². The number of carboxylic acids is 1. The van der Waals surface area contributed by atoms with Gasteiger partial charge >= 0.3 is 12.0 Å². The average molecular weight is 350 g/mol. The van der Waals surface area contributed by atoms with Crippen LogP contribution in [0.15, 0.2) is 24.3 Å². The van der Waals surface area contributed by atoms with Gasteiger partial charge in [0.2, 0.25) is 0 Å². The lowest BCUT2D eigenvalue weighted by Gasteiger charge is -2.25. The van der Waals surface area contributed by atoms with Crippen LogP contribution >= 0.6 is 0 Å². The first-order chi connectivity index (χ1) is 11.9. The number of nitrogens with one attached hydrogen (secondary N) is 3. The Bertz CT molecular complexity index is 634. The lowest BCUT2D eigenvalue weighted by molar-refractivity contribution is -0.138. The number of likely N-dealkylation sites (tertiary alicyclic amines) is 1. The van der Waals surface area contributed by atoms with Crippen molar-refractivity contribution in [3.05, 3.63) is 24.3 Å². The first kappa shape index (κ1) is 18.4. The average Bonchev–Trinajstić information content (AvgIpc) is 3.09. The number of benzene rings is 1. The van der Waals surface area contributed by atoms with Gasteiger partial charge in [0.1, 0.15) is 17.8 Å². The van der Waals surface area contributed by atoms with Gasteiger partial charge in [-0.05, 0) is 44.0 Å². The number of amides is 3. The highest BCUT2D eigenvalue weighted by atomic mass is 16.5. The number of nitrogens with zero attached hydrogens (tertiary/aromatic N) is 1. The molecule has 1 saturated heterocycles. The number of carboxylic acid groups (broad SMARTS) is 1. The van der Waals surface area contributed by atoms with E-state index in [0.717, 1.165) is 0 Å². The summed E-state index contributed by atoms with van der Waals surface area (Å²) in [5, 5.41) is 11.2. The maximum absolute atomic E-state index is 12.3. The third-order valence-electron chi connectivity index (χ3n) is 3.95. The van der Waals surface area contributed by atoms with E-state index in [1.54, 1.807) is 31.4 Å². The second-order valence-electron chi connectivity index (χ2n) is 5.70. The number of hydrogen-bond donors (Lipinski definition) is 4. The van der Waals surface area contributed by atoms with Gasteiger partial charge in [-0.2, -0.15) is 0 Å². The smallest absolute Gasteiger partial charge is 0.325 e. The predicted molar refractivity (Wildman–Crippen MR) is 90.1 cm³/mol. The highest BCUT2D eigenvalue weighted by Crippen LogP contribution is 2.18. The minimum Gasteiger partial charge on any atom is -0.497 e. The summed E-state index contributed by atoms with van der Waals surface area (Å²) in [6.07, 6.45) is 1.19. The molecule has 2 unspecified atom stereocenters. The maximum atomic E-state index is 12.3. The normalized spacial score (nSPS) is 17.5. The van der Waals surface area contributed by atoms with Crippen LogP contribution in [-0.2, 0) is 9.59 Å². The van der Waals surface area contributed by atoms with Crippen LogP contribution in [0.1, 0.15) is 19.8 Å². The summed E-state index contributed by atoms with van der Waals surface area (Å²) in [7, 11) is 1.56. The van der Waals surface area contributed by atoms with E-state index >= 15 is 0 Å². The molecular weight excluding hydrogens is 328 g/mol. The molecule has 1 aromatic carbocycles. The predicted octanol–water partition coefficient (Wildman–Crippen LogP) is 0.785. The van der Waals surface area contributed by atoms with Crippen LogP contribution in [0, 0.1) is 0 Å². The van der Waals surface area contributed by atoms with Crippen molar-refractivity contribution in [3.8, 4) is 5.75 Å². The zero-order valence-electron chi connectivity index (χ0n) is 14.1. The monoisotopic (exact) mass is 350 g/mol. The fourth-order valence-corrected chi connectivity index (χ4v) is 2.50. The number of ether oxygens (including phenoxy) is 1. The number of hydrazine groups is 1. The maximum Gasteiger partial charge on any atom is 0.325 e. The highest BCUT2D eigenvalue weighted by Gasteiger charge is 2.35. The molecule has 136 valence electrons. The van der Waals surface area contributed by atoms with Gasteiger partial charge in [-0.3, -0.25) is 20.4 Å². The molecule has 1 aliphatic rings. The summed E-state index contributed by atoms with van der Waals surface area (Å²) >= 11 is 0. The van der Waals surface area contributed by atoms with E-state index in [4.69, 9.17) is 9.84 Å². The van der Waals surface area contributed by atoms with E-state index in [1.807, 2.05) is 0 Å². The number of aliphatic carboxylic acids is 1. The summed E-state index contributed by atoms with van der Waals surface area (Å²) in [6.45, 7) is 1.77. The van der Waals surface area contributed by atoms with E-state index in [2.05, 4.69) is 16.2 Å². The van der Waals surface area contributed by atoms with Gasteiger partial charge in [0.25, 0.3) is 5.91 Å². The van der Waals surface area contributed by atoms with Crippen LogP contribution < -0.4 is 20.9 Å². The number of methoxy groups -OCH3 is 1. The molecule has 25 heavy (non-hydrogen) atoms. The quantitative estimate of drug-likeness (QED) is 0.563. The van der Waals surface area contributed by atoms with Gasteiger partial charge in [0.05, 0.1) is 12.8 Å². The zero-order valence-corrected chi connectivity index (χ0v) is 14.1. The number of hydrogen-bond acceptors (Lipinski definition) is 5. The molecule has 0 aromatic heterocycles. The summed E-state index contributed by atoms with van der Waals surface area (Å²) in [6, 6.07) is 4.76. The standard InChI is InChI=1S/C16H22N4O5/c1-10(15(22)23)17-16(24)20-9-3-4-13(20)14(21)19-18-11-5-7-12(25-2)8-6-11/h5-8,10,13,18H,3-4,9H2,1-2H3,(H,17,24)(H,19,21)(H,22,23). The van der Waals surface area contributed by atoms with Crippen LogP contribution in [0.25, 0.3) is 0 Å². The summed E-state index contributed by atoms with van der Waals surface area (Å²) < 4.78 is 5.06. The molecule has 2 atom stereocenters. The van der Waals surface area contributed by atoms with Crippen molar-refractivity contribution in [3.63, 3.8) is 0 Å². The van der Waals surface area contributed by atoms with Gasteiger partial charge in [0, 0.05) is 6.54 Å². The minimum absolute atomic E-state index is 0.355. The van der Waals surface area contributed by atoms with Crippen molar-refractivity contribution >= 4 is 23.6 Å². The van der Waals surface area contributed by atoms with Crippen molar-refractivity contribution in [2.24, 2.45) is 0 Å². The Hall–Kier alpha value is -2.97. The molecule has 0 radical (unpaired) electrons. The van der Waals surface area contributed by atoms with Gasteiger partial charge < -0.3 is 20.1 Å². The third-order valence-corrected chi connectivity index (χ3v) is 3.95. The topological polar surface area (TPSA) is 120 Å². The summed E-state index contributed by atoms with van der Waals surface area (Å²) in [5.74, 6) is -0.788. The number of rotatable bonds is 6. The molecule has 9 heteroatoms. The van der Waals surface area contributed by atoms with Gasteiger partial charge in [-0.15, -0.1) is 0 Å². The second kappa shape index (κ2) is 8.22. The number of urea groups is 1. The van der Waals surface area contributed by atoms with Crippen molar-refractivity contribution in [1.82, 2.24) is 15.6 Å². The molecule has 0 aliphatic carbocycles. The van der Waals surface area contributed by atoms with Crippen molar-refractivity contribution in [2.75, 3.05) is 19.1 Å². The van der Waals surface area contributed by atoms with Gasteiger partial charge in [-0.1, -0.05) is 0 Å². The molecule has 0 bridgehead atoms. The summed E-state index contributed by atoms with van der Waals surface area (Å²) in [4.78, 5) is 36.7. The first-order valence-corrected chi connectivity index (χ1v) is 7.92. The number of carbonyl (C=O) groups excluding carboxylic acids is 2. The minimum atomic E-state index is -1.13. The Labute approximate surface area is 145 Å².